The van der Waals surface area contributed by atoms with Crippen LogP contribution in [0.3, 0.4) is 0 Å². The average Bonchev–Trinajstić information content (AvgIpc) is 2.67. The van der Waals surface area contributed by atoms with Gasteiger partial charge in [-0.15, -0.1) is 0 Å². The molecule has 0 bridgehead atoms. The Labute approximate surface area is 113 Å². The Hall–Kier alpha value is -1.14. The molecule has 6 nitrogen and oxygen atoms in total. The second-order valence-electron chi connectivity index (χ2n) is 5.33. The molecule has 1 fully saturated rings. The van der Waals surface area contributed by atoms with Gasteiger partial charge in [0.15, 0.2) is 6.10 Å². The number of carboxylic acids is 1. The zero-order valence-electron chi connectivity index (χ0n) is 11.8. The number of amides is 1. The Morgan fingerprint density at radius 1 is 1.32 bits per heavy atom. The van der Waals surface area contributed by atoms with Gasteiger partial charge in [-0.1, -0.05) is 0 Å². The summed E-state index contributed by atoms with van der Waals surface area (Å²) in [6.45, 7) is 6.26. The van der Waals surface area contributed by atoms with Crippen LogP contribution in [-0.2, 0) is 9.59 Å². The number of hydrogen-bond donors (Lipinski definition) is 3. The molecule has 0 aromatic carbocycles. The molecule has 0 aromatic rings. The molecule has 6 heteroatoms. The molecule has 3 N–H and O–H groups in total. The standard InChI is InChI=1S/C13H24N2O4/c1-8-4-5-9(2)15(8)10(3)12(17)14-7-6-11(16)13(18)19/h8-11,16H,4-7H2,1-3H3,(H,14,17)(H,18,19). The van der Waals surface area contributed by atoms with Crippen LogP contribution in [-0.4, -0.2) is 57.8 Å². The minimum absolute atomic E-state index is 0.0267. The van der Waals surface area contributed by atoms with Gasteiger partial charge in [0.1, 0.15) is 0 Å². The minimum atomic E-state index is -1.42. The van der Waals surface area contributed by atoms with Gasteiger partial charge in [-0.3, -0.25) is 9.69 Å². The largest absolute Gasteiger partial charge is 0.479 e. The van der Waals surface area contributed by atoms with Crippen LogP contribution in [0.4, 0.5) is 0 Å². The lowest BCUT2D eigenvalue weighted by molar-refractivity contribution is -0.147. The minimum Gasteiger partial charge on any atom is -0.479 e. The van der Waals surface area contributed by atoms with Gasteiger partial charge in [0, 0.05) is 25.0 Å². The van der Waals surface area contributed by atoms with E-state index in [0.717, 1.165) is 12.8 Å². The van der Waals surface area contributed by atoms with Gasteiger partial charge in [0.2, 0.25) is 5.91 Å². The topological polar surface area (TPSA) is 89.9 Å². The zero-order chi connectivity index (χ0) is 14.6. The van der Waals surface area contributed by atoms with Gasteiger partial charge in [-0.05, 0) is 33.6 Å². The highest BCUT2D eigenvalue weighted by Crippen LogP contribution is 2.25. The number of rotatable bonds is 6. The van der Waals surface area contributed by atoms with E-state index in [2.05, 4.69) is 24.1 Å². The second kappa shape index (κ2) is 6.86. The van der Waals surface area contributed by atoms with E-state index < -0.39 is 12.1 Å². The molecule has 0 aliphatic carbocycles. The van der Waals surface area contributed by atoms with Gasteiger partial charge in [-0.25, -0.2) is 4.79 Å². The maximum atomic E-state index is 12.0. The van der Waals surface area contributed by atoms with Crippen molar-refractivity contribution >= 4 is 11.9 Å². The molecule has 1 rings (SSSR count). The highest BCUT2D eigenvalue weighted by Gasteiger charge is 2.34. The van der Waals surface area contributed by atoms with E-state index in [4.69, 9.17) is 10.2 Å². The summed E-state index contributed by atoms with van der Waals surface area (Å²) >= 11 is 0. The first kappa shape index (κ1) is 15.9. The van der Waals surface area contributed by atoms with Crippen molar-refractivity contribution in [1.82, 2.24) is 10.2 Å². The van der Waals surface area contributed by atoms with Gasteiger partial charge < -0.3 is 15.5 Å². The smallest absolute Gasteiger partial charge is 0.332 e. The van der Waals surface area contributed by atoms with Crippen LogP contribution in [0.1, 0.15) is 40.0 Å². The highest BCUT2D eigenvalue weighted by molar-refractivity contribution is 5.81. The molecule has 0 aromatic heterocycles. The number of aliphatic hydroxyl groups is 1. The molecule has 1 saturated heterocycles. The molecule has 1 amide bonds. The third-order valence-electron chi connectivity index (χ3n) is 3.85. The Kier molecular flexibility index (Phi) is 5.75. The normalized spacial score (nSPS) is 26.9. The Morgan fingerprint density at radius 2 is 1.84 bits per heavy atom. The molecular weight excluding hydrogens is 248 g/mol. The zero-order valence-corrected chi connectivity index (χ0v) is 11.8. The number of likely N-dealkylation sites (tertiary alicyclic amines) is 1. The van der Waals surface area contributed by atoms with Crippen LogP contribution in [0.5, 0.6) is 0 Å². The van der Waals surface area contributed by atoms with Crippen molar-refractivity contribution in [2.75, 3.05) is 6.54 Å². The molecular formula is C13H24N2O4. The maximum Gasteiger partial charge on any atom is 0.332 e. The number of aliphatic hydroxyl groups excluding tert-OH is 1. The Balaban J connectivity index is 2.39. The summed E-state index contributed by atoms with van der Waals surface area (Å²) in [4.78, 5) is 24.6. The lowest BCUT2D eigenvalue weighted by Gasteiger charge is -2.31. The summed E-state index contributed by atoms with van der Waals surface area (Å²) < 4.78 is 0. The summed E-state index contributed by atoms with van der Waals surface area (Å²) in [7, 11) is 0. The van der Waals surface area contributed by atoms with E-state index in [-0.39, 0.29) is 24.9 Å². The van der Waals surface area contributed by atoms with Crippen LogP contribution in [0, 0.1) is 0 Å². The number of aliphatic carboxylic acids is 1. The summed E-state index contributed by atoms with van der Waals surface area (Å²) in [5.41, 5.74) is 0. The molecule has 1 aliphatic rings. The van der Waals surface area contributed by atoms with Gasteiger partial charge in [0.05, 0.1) is 6.04 Å². The number of carbonyl (C=O) groups is 2. The van der Waals surface area contributed by atoms with Gasteiger partial charge in [-0.2, -0.15) is 0 Å². The SMILES string of the molecule is CC1CCC(C)N1C(C)C(=O)NCCC(O)C(=O)O. The van der Waals surface area contributed by atoms with Crippen LogP contribution in [0.2, 0.25) is 0 Å². The molecule has 19 heavy (non-hydrogen) atoms. The van der Waals surface area contributed by atoms with Crippen molar-refractivity contribution in [2.24, 2.45) is 0 Å². The van der Waals surface area contributed by atoms with Gasteiger partial charge in [0.25, 0.3) is 0 Å². The number of nitrogens with one attached hydrogen (secondary N) is 1. The van der Waals surface area contributed by atoms with E-state index in [0.29, 0.717) is 12.1 Å². The molecule has 1 heterocycles. The number of carbonyl (C=O) groups excluding carboxylic acids is 1. The molecule has 1 aliphatic heterocycles. The second-order valence-corrected chi connectivity index (χ2v) is 5.33. The molecule has 4 unspecified atom stereocenters. The molecule has 4 atom stereocenters. The molecule has 110 valence electrons. The van der Waals surface area contributed by atoms with Crippen molar-refractivity contribution in [3.05, 3.63) is 0 Å². The number of carboxylic acid groups (broad SMARTS) is 1. The maximum absolute atomic E-state index is 12.0. The van der Waals surface area contributed by atoms with E-state index in [1.807, 2.05) is 6.92 Å². The van der Waals surface area contributed by atoms with Crippen LogP contribution < -0.4 is 5.32 Å². The summed E-state index contributed by atoms with van der Waals surface area (Å²) in [5, 5.41) is 20.3. The van der Waals surface area contributed by atoms with Crippen molar-refractivity contribution < 1.29 is 19.8 Å². The molecule has 0 saturated carbocycles. The molecule has 0 spiro atoms. The van der Waals surface area contributed by atoms with E-state index in [1.54, 1.807) is 0 Å². The molecule has 0 radical (unpaired) electrons. The lowest BCUT2D eigenvalue weighted by atomic mass is 10.2. The summed E-state index contributed by atoms with van der Waals surface area (Å²) in [6, 6.07) is 0.551. The first-order chi connectivity index (χ1) is 8.84. The number of nitrogens with zero attached hydrogens (tertiary/aromatic N) is 1. The van der Waals surface area contributed by atoms with Crippen LogP contribution in [0.15, 0.2) is 0 Å². The Bertz CT molecular complexity index is 325. The summed E-state index contributed by atoms with van der Waals surface area (Å²) in [6.07, 6.45) is 0.798. The third kappa shape index (κ3) is 4.18. The predicted molar refractivity (Wildman–Crippen MR) is 70.7 cm³/mol. The van der Waals surface area contributed by atoms with Crippen LogP contribution >= 0.6 is 0 Å². The lowest BCUT2D eigenvalue weighted by Crippen LogP contribution is -2.49. The van der Waals surface area contributed by atoms with E-state index in [1.165, 1.54) is 0 Å². The van der Waals surface area contributed by atoms with Crippen molar-refractivity contribution in [2.45, 2.75) is 64.3 Å². The first-order valence-corrected chi connectivity index (χ1v) is 6.80. The summed E-state index contributed by atoms with van der Waals surface area (Å²) in [5.74, 6) is -1.37. The Morgan fingerprint density at radius 3 is 2.32 bits per heavy atom. The van der Waals surface area contributed by atoms with Gasteiger partial charge >= 0.3 is 5.97 Å². The fourth-order valence-corrected chi connectivity index (χ4v) is 2.72. The fraction of sp³-hybridized carbons (Fsp3) is 0.846. The quantitative estimate of drug-likeness (QED) is 0.642. The van der Waals surface area contributed by atoms with Crippen molar-refractivity contribution in [3.63, 3.8) is 0 Å². The first-order valence-electron chi connectivity index (χ1n) is 6.80. The van der Waals surface area contributed by atoms with E-state index >= 15 is 0 Å². The van der Waals surface area contributed by atoms with Crippen molar-refractivity contribution in [3.8, 4) is 0 Å². The van der Waals surface area contributed by atoms with E-state index in [9.17, 15) is 9.59 Å². The average molecular weight is 272 g/mol. The predicted octanol–water partition coefficient (Wildman–Crippen LogP) is 0.200. The highest BCUT2D eigenvalue weighted by atomic mass is 16.4. The van der Waals surface area contributed by atoms with Crippen molar-refractivity contribution in [1.29, 1.82) is 0 Å². The number of hydrogen-bond acceptors (Lipinski definition) is 4. The van der Waals surface area contributed by atoms with Crippen LogP contribution in [0.25, 0.3) is 0 Å². The fourth-order valence-electron chi connectivity index (χ4n) is 2.72. The monoisotopic (exact) mass is 272 g/mol. The third-order valence-corrected chi connectivity index (χ3v) is 3.85.